The second kappa shape index (κ2) is 5.40. The first kappa shape index (κ1) is 15.4. The number of para-hydroxylation sites is 1. The van der Waals surface area contributed by atoms with Crippen molar-refractivity contribution < 1.29 is 21.6 Å². The Hall–Kier alpha value is -2.02. The van der Waals surface area contributed by atoms with E-state index in [2.05, 4.69) is 0 Å². The van der Waals surface area contributed by atoms with Crippen LogP contribution < -0.4 is 4.31 Å². The van der Waals surface area contributed by atoms with Gasteiger partial charge in [0.15, 0.2) is 0 Å². The molecule has 0 aromatic heterocycles. The van der Waals surface area contributed by atoms with Crippen molar-refractivity contribution in [3.8, 4) is 0 Å². The molecule has 0 bridgehead atoms. The van der Waals surface area contributed by atoms with Crippen molar-refractivity contribution in [1.29, 1.82) is 0 Å². The molecule has 0 heterocycles. The molecule has 7 heteroatoms. The Morgan fingerprint density at radius 1 is 0.952 bits per heavy atom. The smallest absolute Gasteiger partial charge is 0.269 e. The Morgan fingerprint density at radius 2 is 1.57 bits per heavy atom. The third kappa shape index (κ3) is 3.18. The highest BCUT2D eigenvalue weighted by Crippen LogP contribution is 2.31. The molecule has 0 saturated carbocycles. The van der Waals surface area contributed by atoms with Crippen LogP contribution in [0.3, 0.4) is 0 Å². The van der Waals surface area contributed by atoms with Gasteiger partial charge in [-0.05, 0) is 30.3 Å². The summed E-state index contributed by atoms with van der Waals surface area (Å²) in [6.07, 6.45) is -4.59. The second-order valence-electron chi connectivity index (χ2n) is 4.33. The number of nitrogens with zero attached hydrogens (tertiary/aromatic N) is 1. The second-order valence-corrected chi connectivity index (χ2v) is 6.30. The molecule has 0 aliphatic carbocycles. The molecule has 3 nitrogen and oxygen atoms in total. The number of halogens is 3. The van der Waals surface area contributed by atoms with Gasteiger partial charge in [0.1, 0.15) is 0 Å². The summed E-state index contributed by atoms with van der Waals surface area (Å²) < 4.78 is 63.7. The van der Waals surface area contributed by atoms with Gasteiger partial charge in [0.25, 0.3) is 10.0 Å². The molecule has 0 saturated heterocycles. The Kier molecular flexibility index (Phi) is 3.95. The van der Waals surface area contributed by atoms with Crippen LogP contribution in [0.5, 0.6) is 0 Å². The maximum atomic E-state index is 12.7. The maximum absolute atomic E-state index is 12.7. The maximum Gasteiger partial charge on any atom is 0.416 e. The van der Waals surface area contributed by atoms with E-state index in [0.717, 1.165) is 22.5 Å². The van der Waals surface area contributed by atoms with E-state index >= 15 is 0 Å². The molecule has 21 heavy (non-hydrogen) atoms. The van der Waals surface area contributed by atoms with E-state index in [1.54, 1.807) is 30.3 Å². The molecular formula is C14H12F3NO2S. The van der Waals surface area contributed by atoms with Gasteiger partial charge in [-0.15, -0.1) is 0 Å². The number of alkyl halides is 3. The SMILES string of the molecule is CN(c1ccccc1)S(=O)(=O)c1cccc(C(F)(F)F)c1. The fourth-order valence-electron chi connectivity index (χ4n) is 1.77. The molecule has 2 aromatic rings. The molecule has 0 N–H and O–H groups in total. The third-order valence-electron chi connectivity index (χ3n) is 2.94. The van der Waals surface area contributed by atoms with E-state index in [0.29, 0.717) is 11.8 Å². The van der Waals surface area contributed by atoms with Crippen molar-refractivity contribution >= 4 is 15.7 Å². The van der Waals surface area contributed by atoms with E-state index in [9.17, 15) is 21.6 Å². The highest BCUT2D eigenvalue weighted by molar-refractivity contribution is 7.92. The van der Waals surface area contributed by atoms with Crippen LogP contribution in [-0.2, 0) is 16.2 Å². The number of hydrogen-bond acceptors (Lipinski definition) is 2. The normalized spacial score (nSPS) is 12.2. The standard InChI is InChI=1S/C14H12F3NO2S/c1-18(12-7-3-2-4-8-12)21(19,20)13-9-5-6-11(10-13)14(15,16)17/h2-10H,1H3. The minimum absolute atomic E-state index is 0.370. The number of benzene rings is 2. The summed E-state index contributed by atoms with van der Waals surface area (Å²) in [4.78, 5) is -0.399. The first-order valence-electron chi connectivity index (χ1n) is 5.94. The predicted molar refractivity (Wildman–Crippen MR) is 73.5 cm³/mol. The lowest BCUT2D eigenvalue weighted by molar-refractivity contribution is -0.137. The van der Waals surface area contributed by atoms with Crippen molar-refractivity contribution in [3.05, 3.63) is 60.2 Å². The van der Waals surface area contributed by atoms with Crippen LogP contribution in [0.4, 0.5) is 18.9 Å². The van der Waals surface area contributed by atoms with Crippen molar-refractivity contribution in [3.63, 3.8) is 0 Å². The average Bonchev–Trinajstić information content (AvgIpc) is 2.46. The van der Waals surface area contributed by atoms with Crippen LogP contribution in [0.1, 0.15) is 5.56 Å². The lowest BCUT2D eigenvalue weighted by Crippen LogP contribution is -2.26. The number of rotatable bonds is 3. The Labute approximate surface area is 120 Å². The van der Waals surface area contributed by atoms with Gasteiger partial charge in [-0.3, -0.25) is 4.31 Å². The summed E-state index contributed by atoms with van der Waals surface area (Å²) in [7, 11) is -2.74. The zero-order valence-corrected chi connectivity index (χ0v) is 11.8. The van der Waals surface area contributed by atoms with Gasteiger partial charge in [0, 0.05) is 7.05 Å². The molecule has 0 aliphatic rings. The van der Waals surface area contributed by atoms with Gasteiger partial charge in [-0.2, -0.15) is 13.2 Å². The first-order chi connectivity index (χ1) is 9.73. The van der Waals surface area contributed by atoms with Gasteiger partial charge in [-0.25, -0.2) is 8.42 Å². The van der Waals surface area contributed by atoms with E-state index in [4.69, 9.17) is 0 Å². The van der Waals surface area contributed by atoms with Crippen molar-refractivity contribution in [2.24, 2.45) is 0 Å². The Bertz CT molecular complexity index is 727. The molecule has 0 atom stereocenters. The third-order valence-corrected chi connectivity index (χ3v) is 4.72. The zero-order chi connectivity index (χ0) is 15.7. The predicted octanol–water partition coefficient (Wildman–Crippen LogP) is 3.53. The molecule has 0 amide bonds. The fourth-order valence-corrected chi connectivity index (χ4v) is 3.01. The van der Waals surface area contributed by atoms with Crippen LogP contribution in [0.15, 0.2) is 59.5 Å². The Morgan fingerprint density at radius 3 is 2.14 bits per heavy atom. The summed E-state index contributed by atoms with van der Waals surface area (Å²) in [5.41, 5.74) is -0.625. The summed E-state index contributed by atoms with van der Waals surface area (Å²) >= 11 is 0. The van der Waals surface area contributed by atoms with Crippen LogP contribution in [0.2, 0.25) is 0 Å². The molecular weight excluding hydrogens is 303 g/mol. The summed E-state index contributed by atoms with van der Waals surface area (Å²) in [6.45, 7) is 0. The van der Waals surface area contributed by atoms with E-state index < -0.39 is 26.7 Å². The van der Waals surface area contributed by atoms with Gasteiger partial charge in [-0.1, -0.05) is 24.3 Å². The quantitative estimate of drug-likeness (QED) is 0.869. The summed E-state index contributed by atoms with van der Waals surface area (Å²) in [6, 6.07) is 11.8. The van der Waals surface area contributed by atoms with Crippen molar-refractivity contribution in [2.75, 3.05) is 11.4 Å². The number of sulfonamides is 1. The Balaban J connectivity index is 2.45. The largest absolute Gasteiger partial charge is 0.416 e. The molecule has 0 aliphatic heterocycles. The van der Waals surface area contributed by atoms with E-state index in [1.807, 2.05) is 0 Å². The van der Waals surface area contributed by atoms with Gasteiger partial charge in [0.2, 0.25) is 0 Å². The minimum Gasteiger partial charge on any atom is -0.269 e. The van der Waals surface area contributed by atoms with Gasteiger partial charge >= 0.3 is 6.18 Å². The molecule has 2 aromatic carbocycles. The summed E-state index contributed by atoms with van der Waals surface area (Å²) in [5, 5.41) is 0. The van der Waals surface area contributed by atoms with Gasteiger partial charge < -0.3 is 0 Å². The lowest BCUT2D eigenvalue weighted by atomic mass is 10.2. The monoisotopic (exact) mass is 315 g/mol. The van der Waals surface area contributed by atoms with Crippen LogP contribution >= 0.6 is 0 Å². The first-order valence-corrected chi connectivity index (χ1v) is 7.38. The van der Waals surface area contributed by atoms with E-state index in [-0.39, 0.29) is 0 Å². The molecule has 0 fully saturated rings. The lowest BCUT2D eigenvalue weighted by Gasteiger charge is -2.20. The molecule has 0 unspecified atom stereocenters. The highest BCUT2D eigenvalue weighted by atomic mass is 32.2. The number of hydrogen-bond donors (Lipinski definition) is 0. The van der Waals surface area contributed by atoms with Crippen molar-refractivity contribution in [2.45, 2.75) is 11.1 Å². The topological polar surface area (TPSA) is 37.4 Å². The summed E-state index contributed by atoms with van der Waals surface area (Å²) in [5.74, 6) is 0. The molecule has 2 rings (SSSR count). The van der Waals surface area contributed by atoms with Crippen LogP contribution in [0.25, 0.3) is 0 Å². The van der Waals surface area contributed by atoms with Crippen molar-refractivity contribution in [1.82, 2.24) is 0 Å². The van der Waals surface area contributed by atoms with Gasteiger partial charge in [0.05, 0.1) is 16.1 Å². The minimum atomic E-state index is -4.59. The molecule has 0 radical (unpaired) electrons. The fraction of sp³-hybridized carbons (Fsp3) is 0.143. The molecule has 112 valence electrons. The van der Waals surface area contributed by atoms with Crippen LogP contribution in [-0.4, -0.2) is 15.5 Å². The zero-order valence-electron chi connectivity index (χ0n) is 11.0. The average molecular weight is 315 g/mol. The number of anilines is 1. The van der Waals surface area contributed by atoms with Crippen LogP contribution in [0, 0.1) is 0 Å². The molecule has 0 spiro atoms. The van der Waals surface area contributed by atoms with E-state index in [1.165, 1.54) is 7.05 Å². The highest BCUT2D eigenvalue weighted by Gasteiger charge is 2.32.